The van der Waals surface area contributed by atoms with E-state index >= 15 is 0 Å². The number of hydrogen-bond donors (Lipinski definition) is 2. The summed E-state index contributed by atoms with van der Waals surface area (Å²) in [5.74, 6) is -0.909. The number of unbranched alkanes of at least 4 members (excludes halogenated alkanes) is 1. The summed E-state index contributed by atoms with van der Waals surface area (Å²) in [6.07, 6.45) is -1.87. The van der Waals surface area contributed by atoms with Crippen LogP contribution in [0.4, 0.5) is 20.2 Å². The van der Waals surface area contributed by atoms with Crippen molar-refractivity contribution < 1.29 is 23.6 Å². The first-order valence-electron chi connectivity index (χ1n) is 5.94. The van der Waals surface area contributed by atoms with Crippen molar-refractivity contribution >= 4 is 17.3 Å². The largest absolute Gasteiger partial charge is 0.481 e. The molecule has 0 aliphatic carbocycles. The van der Waals surface area contributed by atoms with Crippen LogP contribution in [0.1, 0.15) is 31.3 Å². The van der Waals surface area contributed by atoms with Gasteiger partial charge in [-0.2, -0.15) is 0 Å². The Morgan fingerprint density at radius 1 is 1.40 bits per heavy atom. The normalized spacial score (nSPS) is 10.6. The van der Waals surface area contributed by atoms with Gasteiger partial charge in [0.1, 0.15) is 0 Å². The minimum Gasteiger partial charge on any atom is -0.481 e. The number of nitrogens with zero attached hydrogens (tertiary/aromatic N) is 1. The van der Waals surface area contributed by atoms with E-state index in [9.17, 15) is 23.7 Å². The monoisotopic (exact) mass is 288 g/mol. The van der Waals surface area contributed by atoms with E-state index in [0.29, 0.717) is 19.4 Å². The number of anilines is 1. The zero-order valence-corrected chi connectivity index (χ0v) is 10.5. The summed E-state index contributed by atoms with van der Waals surface area (Å²) in [6.45, 7) is 0.324. The van der Waals surface area contributed by atoms with Crippen LogP contribution in [-0.2, 0) is 4.79 Å². The number of alkyl halides is 2. The van der Waals surface area contributed by atoms with Crippen molar-refractivity contribution in [2.24, 2.45) is 0 Å². The molecule has 0 fully saturated rings. The summed E-state index contributed by atoms with van der Waals surface area (Å²) >= 11 is 0. The maximum atomic E-state index is 12.8. The van der Waals surface area contributed by atoms with Gasteiger partial charge in [0.15, 0.2) is 0 Å². The van der Waals surface area contributed by atoms with Gasteiger partial charge >= 0.3 is 5.97 Å². The van der Waals surface area contributed by atoms with Crippen LogP contribution in [0.25, 0.3) is 0 Å². The third-order valence-electron chi connectivity index (χ3n) is 2.61. The number of benzene rings is 1. The Balaban J connectivity index is 2.65. The number of carboxylic acid groups (broad SMARTS) is 1. The predicted octanol–water partition coefficient (Wildman–Crippen LogP) is 3.20. The van der Waals surface area contributed by atoms with Gasteiger partial charge in [-0.15, -0.1) is 0 Å². The van der Waals surface area contributed by atoms with E-state index in [4.69, 9.17) is 5.11 Å². The van der Waals surface area contributed by atoms with E-state index in [1.807, 2.05) is 0 Å². The molecule has 0 spiro atoms. The van der Waals surface area contributed by atoms with Crippen molar-refractivity contribution in [3.05, 3.63) is 33.9 Å². The third kappa shape index (κ3) is 4.79. The lowest BCUT2D eigenvalue weighted by Gasteiger charge is -2.11. The predicted molar refractivity (Wildman–Crippen MR) is 68.0 cm³/mol. The zero-order chi connectivity index (χ0) is 15.1. The molecule has 1 rings (SSSR count). The number of halogens is 2. The smallest absolute Gasteiger partial charge is 0.303 e. The molecule has 0 saturated heterocycles. The summed E-state index contributed by atoms with van der Waals surface area (Å²) in [6, 6.07) is 3.21. The highest BCUT2D eigenvalue weighted by Gasteiger charge is 2.17. The standard InChI is InChI=1S/C12H14F2N2O4/c13-12(14)9-7-8(16(19)20)4-5-10(9)15-6-2-1-3-11(17)18/h4-5,7,12,15H,1-3,6H2,(H,17,18). The molecule has 1 aromatic rings. The van der Waals surface area contributed by atoms with Gasteiger partial charge in [-0.05, 0) is 18.9 Å². The molecule has 0 radical (unpaired) electrons. The molecular weight excluding hydrogens is 274 g/mol. The highest BCUT2D eigenvalue weighted by atomic mass is 19.3. The number of nitrogens with one attached hydrogen (secondary N) is 1. The first-order chi connectivity index (χ1) is 9.41. The number of carboxylic acids is 1. The molecular formula is C12H14F2N2O4. The fourth-order valence-corrected chi connectivity index (χ4v) is 1.63. The molecule has 0 saturated carbocycles. The van der Waals surface area contributed by atoms with Crippen molar-refractivity contribution in [2.75, 3.05) is 11.9 Å². The molecule has 0 aromatic heterocycles. The van der Waals surface area contributed by atoms with Crippen molar-refractivity contribution in [3.8, 4) is 0 Å². The van der Waals surface area contributed by atoms with Crippen LogP contribution in [0.15, 0.2) is 18.2 Å². The van der Waals surface area contributed by atoms with E-state index in [1.54, 1.807) is 0 Å². The van der Waals surface area contributed by atoms with Crippen LogP contribution in [-0.4, -0.2) is 22.5 Å². The molecule has 1 aromatic carbocycles. The van der Waals surface area contributed by atoms with Crippen LogP contribution in [0, 0.1) is 10.1 Å². The van der Waals surface area contributed by atoms with Gasteiger partial charge in [-0.25, -0.2) is 8.78 Å². The second-order valence-electron chi connectivity index (χ2n) is 4.11. The first-order valence-corrected chi connectivity index (χ1v) is 5.94. The first kappa shape index (κ1) is 15.8. The highest BCUT2D eigenvalue weighted by Crippen LogP contribution is 2.30. The van der Waals surface area contributed by atoms with Gasteiger partial charge in [0.25, 0.3) is 12.1 Å². The Morgan fingerprint density at radius 3 is 2.65 bits per heavy atom. The van der Waals surface area contributed by atoms with Crippen LogP contribution < -0.4 is 5.32 Å². The Morgan fingerprint density at radius 2 is 2.10 bits per heavy atom. The minimum atomic E-state index is -2.82. The summed E-state index contributed by atoms with van der Waals surface area (Å²) < 4.78 is 25.6. The third-order valence-corrected chi connectivity index (χ3v) is 2.61. The quantitative estimate of drug-likeness (QED) is 0.435. The van der Waals surface area contributed by atoms with Gasteiger partial charge in [-0.1, -0.05) is 0 Å². The molecule has 0 atom stereocenters. The van der Waals surface area contributed by atoms with Gasteiger partial charge in [0.2, 0.25) is 0 Å². The van der Waals surface area contributed by atoms with Gasteiger partial charge in [0, 0.05) is 36.3 Å². The molecule has 6 nitrogen and oxygen atoms in total. The lowest BCUT2D eigenvalue weighted by Crippen LogP contribution is -2.06. The lowest BCUT2D eigenvalue weighted by molar-refractivity contribution is -0.385. The number of nitro groups is 1. The number of rotatable bonds is 8. The molecule has 0 amide bonds. The average molecular weight is 288 g/mol. The van der Waals surface area contributed by atoms with Crippen LogP contribution in [0.3, 0.4) is 0 Å². The molecule has 0 aliphatic heterocycles. The number of non-ortho nitro benzene ring substituents is 1. The molecule has 0 bridgehead atoms. The van der Waals surface area contributed by atoms with Crippen LogP contribution in [0.5, 0.6) is 0 Å². The molecule has 8 heteroatoms. The Bertz CT molecular complexity index is 494. The molecule has 0 heterocycles. The van der Waals surface area contributed by atoms with E-state index in [0.717, 1.165) is 12.1 Å². The number of hydrogen-bond acceptors (Lipinski definition) is 4. The van der Waals surface area contributed by atoms with Gasteiger partial charge in [-0.3, -0.25) is 14.9 Å². The van der Waals surface area contributed by atoms with Gasteiger partial charge < -0.3 is 10.4 Å². The second-order valence-corrected chi connectivity index (χ2v) is 4.11. The number of nitro benzene ring substituents is 1. The maximum absolute atomic E-state index is 12.8. The van der Waals surface area contributed by atoms with E-state index in [1.165, 1.54) is 6.07 Å². The fraction of sp³-hybridized carbons (Fsp3) is 0.417. The van der Waals surface area contributed by atoms with Gasteiger partial charge in [0.05, 0.1) is 4.92 Å². The molecule has 0 aliphatic rings. The molecule has 0 unspecified atom stereocenters. The van der Waals surface area contributed by atoms with Crippen LogP contribution >= 0.6 is 0 Å². The number of aliphatic carboxylic acids is 1. The lowest BCUT2D eigenvalue weighted by atomic mass is 10.1. The van der Waals surface area contributed by atoms with Crippen molar-refractivity contribution in [1.82, 2.24) is 0 Å². The second kappa shape index (κ2) is 7.37. The Kier molecular flexibility index (Phi) is 5.82. The molecule has 110 valence electrons. The van der Waals surface area contributed by atoms with E-state index in [-0.39, 0.29) is 12.1 Å². The molecule has 2 N–H and O–H groups in total. The van der Waals surface area contributed by atoms with Crippen LogP contribution in [0.2, 0.25) is 0 Å². The van der Waals surface area contributed by atoms with Crippen molar-refractivity contribution in [1.29, 1.82) is 0 Å². The van der Waals surface area contributed by atoms with Crippen molar-refractivity contribution in [2.45, 2.75) is 25.7 Å². The zero-order valence-electron chi connectivity index (χ0n) is 10.5. The van der Waals surface area contributed by atoms with E-state index < -0.39 is 28.6 Å². The Labute approximate surface area is 113 Å². The minimum absolute atomic E-state index is 0.0175. The summed E-state index contributed by atoms with van der Waals surface area (Å²) in [4.78, 5) is 20.1. The number of carbonyl (C=O) groups is 1. The topological polar surface area (TPSA) is 92.5 Å². The van der Waals surface area contributed by atoms with E-state index in [2.05, 4.69) is 5.32 Å². The summed E-state index contributed by atoms with van der Waals surface area (Å²) in [5.41, 5.74) is -0.699. The maximum Gasteiger partial charge on any atom is 0.303 e. The van der Waals surface area contributed by atoms with Crippen molar-refractivity contribution in [3.63, 3.8) is 0 Å². The summed E-state index contributed by atoms with van der Waals surface area (Å²) in [7, 11) is 0. The summed E-state index contributed by atoms with van der Waals surface area (Å²) in [5, 5.41) is 21.7. The highest BCUT2D eigenvalue weighted by molar-refractivity contribution is 5.66. The fourth-order valence-electron chi connectivity index (χ4n) is 1.63. The molecule has 20 heavy (non-hydrogen) atoms. The Hall–Kier alpha value is -2.25. The average Bonchev–Trinajstić information content (AvgIpc) is 2.37. The SMILES string of the molecule is O=C(O)CCCCNc1ccc([N+](=O)[O-])cc1C(F)F.